The standard InChI is InChI=1S/C34H38N4O2/c1-22-10-8-14-30(35-22)28-15-16-29(27-13-7-6-12-26(27)28)34(39)38-17-9-11-25-18-33(40-5)32(19-31(25)38)37-20-23(2)36(4)24(3)21-37/h6-8,10,12-16,18-19,23-24H,9,11,17,20-21H2,1-5H3. The molecule has 0 radical (unpaired) electrons. The second kappa shape index (κ2) is 10.6. The number of hydrogen-bond acceptors (Lipinski definition) is 5. The van der Waals surface area contributed by atoms with Gasteiger partial charge in [0, 0.05) is 54.2 Å². The van der Waals surface area contributed by atoms with Crippen LogP contribution in [0.1, 0.15) is 41.9 Å². The van der Waals surface area contributed by atoms with Crippen molar-refractivity contribution in [3.63, 3.8) is 0 Å². The number of carbonyl (C=O) groups is 1. The van der Waals surface area contributed by atoms with E-state index in [-0.39, 0.29) is 5.91 Å². The van der Waals surface area contributed by atoms with Gasteiger partial charge in [-0.2, -0.15) is 0 Å². The number of aryl methyl sites for hydroxylation is 2. The van der Waals surface area contributed by atoms with E-state index in [0.717, 1.165) is 76.3 Å². The van der Waals surface area contributed by atoms with Crippen molar-refractivity contribution >= 4 is 28.1 Å². The molecule has 0 N–H and O–H groups in total. The number of carbonyl (C=O) groups excluding carboxylic acids is 1. The fourth-order valence-corrected chi connectivity index (χ4v) is 6.37. The molecule has 0 spiro atoms. The molecular weight excluding hydrogens is 496 g/mol. The van der Waals surface area contributed by atoms with Crippen LogP contribution in [-0.2, 0) is 6.42 Å². The number of hydrogen-bond donors (Lipinski definition) is 0. The van der Waals surface area contributed by atoms with Gasteiger partial charge >= 0.3 is 0 Å². The second-order valence-corrected chi connectivity index (χ2v) is 11.4. The molecule has 0 aliphatic carbocycles. The van der Waals surface area contributed by atoms with E-state index in [1.807, 2.05) is 48.2 Å². The molecule has 2 aliphatic heterocycles. The summed E-state index contributed by atoms with van der Waals surface area (Å²) in [4.78, 5) is 25.9. The first-order valence-corrected chi connectivity index (χ1v) is 14.3. The number of amides is 1. The van der Waals surface area contributed by atoms with Gasteiger partial charge in [0.1, 0.15) is 5.75 Å². The maximum Gasteiger partial charge on any atom is 0.258 e. The fourth-order valence-electron chi connectivity index (χ4n) is 6.37. The van der Waals surface area contributed by atoms with Crippen molar-refractivity contribution in [1.29, 1.82) is 0 Å². The van der Waals surface area contributed by atoms with E-state index in [1.54, 1.807) is 7.11 Å². The highest BCUT2D eigenvalue weighted by molar-refractivity contribution is 6.16. The molecular formula is C34H38N4O2. The summed E-state index contributed by atoms with van der Waals surface area (Å²) in [5.41, 5.74) is 6.89. The average molecular weight is 535 g/mol. The SMILES string of the molecule is COc1cc2c(cc1N1CC(C)N(C)C(C)C1)N(C(=O)c1ccc(-c3cccc(C)n3)c3ccccc13)CCC2. The van der Waals surface area contributed by atoms with Crippen LogP contribution in [-0.4, -0.2) is 61.7 Å². The molecule has 3 heterocycles. The smallest absolute Gasteiger partial charge is 0.258 e. The number of ether oxygens (including phenoxy) is 1. The molecule has 1 saturated heterocycles. The molecule has 4 aromatic rings. The monoisotopic (exact) mass is 534 g/mol. The number of rotatable bonds is 4. The first kappa shape index (κ1) is 26.3. The van der Waals surface area contributed by atoms with E-state index < -0.39 is 0 Å². The zero-order chi connectivity index (χ0) is 28.0. The topological polar surface area (TPSA) is 48.9 Å². The van der Waals surface area contributed by atoms with Crippen LogP contribution in [0.25, 0.3) is 22.0 Å². The molecule has 3 aromatic carbocycles. The molecule has 206 valence electrons. The number of fused-ring (bicyclic) bond motifs is 2. The predicted molar refractivity (Wildman–Crippen MR) is 164 cm³/mol. The molecule has 0 saturated carbocycles. The lowest BCUT2D eigenvalue weighted by molar-refractivity contribution is 0.0986. The Labute approximate surface area is 237 Å². The number of likely N-dealkylation sites (N-methyl/N-ethyl adjacent to an activating group) is 1. The summed E-state index contributed by atoms with van der Waals surface area (Å²) in [5, 5.41) is 2.00. The van der Waals surface area contributed by atoms with Crippen LogP contribution < -0.4 is 14.5 Å². The van der Waals surface area contributed by atoms with Gasteiger partial charge in [-0.3, -0.25) is 14.7 Å². The molecule has 2 atom stereocenters. The van der Waals surface area contributed by atoms with Crippen molar-refractivity contribution < 1.29 is 9.53 Å². The van der Waals surface area contributed by atoms with Gasteiger partial charge in [0.2, 0.25) is 0 Å². The van der Waals surface area contributed by atoms with Crippen LogP contribution in [0.4, 0.5) is 11.4 Å². The van der Waals surface area contributed by atoms with Gasteiger partial charge in [-0.1, -0.05) is 36.4 Å². The third-order valence-corrected chi connectivity index (χ3v) is 8.76. The van der Waals surface area contributed by atoms with Crippen LogP contribution in [0.3, 0.4) is 0 Å². The van der Waals surface area contributed by atoms with Gasteiger partial charge in [0.25, 0.3) is 5.91 Å². The Bertz CT molecular complexity index is 1570. The van der Waals surface area contributed by atoms with Crippen LogP contribution in [0.15, 0.2) is 66.7 Å². The van der Waals surface area contributed by atoms with Gasteiger partial charge in [-0.05, 0) is 87.3 Å². The summed E-state index contributed by atoms with van der Waals surface area (Å²) in [6.07, 6.45) is 1.86. The lowest BCUT2D eigenvalue weighted by Crippen LogP contribution is -2.55. The molecule has 6 rings (SSSR count). The summed E-state index contributed by atoms with van der Waals surface area (Å²) >= 11 is 0. The zero-order valence-electron chi connectivity index (χ0n) is 24.1. The van der Waals surface area contributed by atoms with Crippen molar-refractivity contribution in [2.75, 3.05) is 43.6 Å². The molecule has 0 bridgehead atoms. The van der Waals surface area contributed by atoms with Crippen LogP contribution in [0.5, 0.6) is 5.75 Å². The first-order chi connectivity index (χ1) is 19.4. The number of benzene rings is 3. The normalized spacial score (nSPS) is 19.5. The van der Waals surface area contributed by atoms with Crippen LogP contribution in [0.2, 0.25) is 0 Å². The minimum Gasteiger partial charge on any atom is -0.495 e. The Morgan fingerprint density at radius 2 is 1.68 bits per heavy atom. The Morgan fingerprint density at radius 1 is 0.925 bits per heavy atom. The molecule has 2 aliphatic rings. The minimum atomic E-state index is 0.0390. The summed E-state index contributed by atoms with van der Waals surface area (Å²) in [5.74, 6) is 0.926. The van der Waals surface area contributed by atoms with E-state index in [2.05, 4.69) is 61.0 Å². The number of aromatic nitrogens is 1. The Balaban J connectivity index is 1.42. The third kappa shape index (κ3) is 4.60. The third-order valence-electron chi connectivity index (χ3n) is 8.76. The number of piperazine rings is 1. The summed E-state index contributed by atoms with van der Waals surface area (Å²) in [6.45, 7) is 9.08. The molecule has 1 aromatic heterocycles. The maximum atomic E-state index is 14.3. The van der Waals surface area contributed by atoms with Crippen molar-refractivity contribution in [3.05, 3.63) is 83.6 Å². The summed E-state index contributed by atoms with van der Waals surface area (Å²) in [6, 6.07) is 23.5. The molecule has 2 unspecified atom stereocenters. The van der Waals surface area contributed by atoms with Crippen LogP contribution in [0, 0.1) is 6.92 Å². The van der Waals surface area contributed by atoms with Crippen molar-refractivity contribution in [3.8, 4) is 17.0 Å². The van der Waals surface area contributed by atoms with Crippen LogP contribution >= 0.6 is 0 Å². The highest BCUT2D eigenvalue weighted by Gasteiger charge is 2.31. The van der Waals surface area contributed by atoms with E-state index in [0.29, 0.717) is 18.6 Å². The predicted octanol–water partition coefficient (Wildman–Crippen LogP) is 6.34. The fraction of sp³-hybridized carbons (Fsp3) is 0.353. The highest BCUT2D eigenvalue weighted by atomic mass is 16.5. The lowest BCUT2D eigenvalue weighted by Gasteiger charge is -2.44. The second-order valence-electron chi connectivity index (χ2n) is 11.4. The van der Waals surface area contributed by atoms with Crippen molar-refractivity contribution in [1.82, 2.24) is 9.88 Å². The molecule has 1 amide bonds. The molecule has 6 heteroatoms. The highest BCUT2D eigenvalue weighted by Crippen LogP contribution is 2.41. The Hall–Kier alpha value is -3.90. The van der Waals surface area contributed by atoms with E-state index >= 15 is 0 Å². The largest absolute Gasteiger partial charge is 0.495 e. The first-order valence-electron chi connectivity index (χ1n) is 14.3. The zero-order valence-corrected chi connectivity index (χ0v) is 24.1. The quantitative estimate of drug-likeness (QED) is 0.306. The molecule has 1 fully saturated rings. The van der Waals surface area contributed by atoms with Crippen molar-refractivity contribution in [2.45, 2.75) is 45.7 Å². The molecule has 40 heavy (non-hydrogen) atoms. The lowest BCUT2D eigenvalue weighted by atomic mass is 9.95. The van der Waals surface area contributed by atoms with E-state index in [9.17, 15) is 4.79 Å². The van der Waals surface area contributed by atoms with E-state index in [4.69, 9.17) is 9.72 Å². The number of anilines is 2. The van der Waals surface area contributed by atoms with Gasteiger partial charge in [-0.15, -0.1) is 0 Å². The number of pyridine rings is 1. The van der Waals surface area contributed by atoms with Gasteiger partial charge in [0.15, 0.2) is 0 Å². The number of nitrogens with zero attached hydrogens (tertiary/aromatic N) is 4. The maximum absolute atomic E-state index is 14.3. The van der Waals surface area contributed by atoms with Gasteiger partial charge in [0.05, 0.1) is 18.5 Å². The van der Waals surface area contributed by atoms with E-state index in [1.165, 1.54) is 5.56 Å². The van der Waals surface area contributed by atoms with Gasteiger partial charge < -0.3 is 14.5 Å². The average Bonchev–Trinajstić information content (AvgIpc) is 2.97. The Kier molecular flexibility index (Phi) is 6.97. The molecule has 6 nitrogen and oxygen atoms in total. The summed E-state index contributed by atoms with van der Waals surface area (Å²) in [7, 11) is 3.94. The number of methoxy groups -OCH3 is 1. The van der Waals surface area contributed by atoms with Crippen molar-refractivity contribution in [2.24, 2.45) is 0 Å². The summed E-state index contributed by atoms with van der Waals surface area (Å²) < 4.78 is 5.90. The Morgan fingerprint density at radius 3 is 2.40 bits per heavy atom. The van der Waals surface area contributed by atoms with Gasteiger partial charge in [-0.25, -0.2) is 0 Å². The minimum absolute atomic E-state index is 0.0390.